The average Bonchev–Trinajstić information content (AvgIpc) is 3.22. The highest BCUT2D eigenvalue weighted by molar-refractivity contribution is 8.18. The number of fused-ring (bicyclic) bond motifs is 1. The molecular weight excluding hydrogens is 416 g/mol. The Morgan fingerprint density at radius 3 is 2.63 bits per heavy atom. The van der Waals surface area contributed by atoms with Gasteiger partial charge in [0, 0.05) is 28.7 Å². The van der Waals surface area contributed by atoms with Gasteiger partial charge in [0.15, 0.2) is 0 Å². The molecule has 0 N–H and O–H groups in total. The molecule has 0 spiro atoms. The van der Waals surface area contributed by atoms with Crippen molar-refractivity contribution in [2.75, 3.05) is 6.54 Å². The van der Waals surface area contributed by atoms with E-state index in [1.807, 2.05) is 42.6 Å². The molecule has 2 heterocycles. The predicted octanol–water partition coefficient (Wildman–Crippen LogP) is 5.57. The molecule has 0 aliphatic carbocycles. The van der Waals surface area contributed by atoms with Crippen LogP contribution in [0.15, 0.2) is 53.6 Å². The van der Waals surface area contributed by atoms with Gasteiger partial charge < -0.3 is 4.57 Å². The summed E-state index contributed by atoms with van der Waals surface area (Å²) in [5.41, 5.74) is 4.38. The number of imide groups is 1. The first kappa shape index (κ1) is 20.3. The maximum Gasteiger partial charge on any atom is 0.294 e. The van der Waals surface area contributed by atoms with Crippen LogP contribution in [-0.2, 0) is 17.8 Å². The number of nitrogens with zero attached hydrogens (tertiary/aromatic N) is 2. The van der Waals surface area contributed by atoms with Crippen molar-refractivity contribution in [2.45, 2.75) is 19.9 Å². The van der Waals surface area contributed by atoms with E-state index < -0.39 is 0 Å². The maximum atomic E-state index is 12.6. The molecule has 0 bridgehead atoms. The monoisotopic (exact) mass is 434 g/mol. The minimum Gasteiger partial charge on any atom is -0.342 e. The van der Waals surface area contributed by atoms with Gasteiger partial charge in [0.1, 0.15) is 0 Å². The Balaban J connectivity index is 1.80. The highest BCUT2D eigenvalue weighted by Crippen LogP contribution is 2.35. The number of para-hydroxylation sites is 1. The van der Waals surface area contributed by atoms with Crippen molar-refractivity contribution >= 4 is 51.5 Å². The molecule has 6 heteroatoms. The molecule has 30 heavy (non-hydrogen) atoms. The smallest absolute Gasteiger partial charge is 0.294 e. The number of hydrogen-bond acceptors (Lipinski definition) is 3. The molecule has 0 radical (unpaired) electrons. The van der Waals surface area contributed by atoms with E-state index in [1.165, 1.54) is 5.56 Å². The number of benzene rings is 2. The summed E-state index contributed by atoms with van der Waals surface area (Å²) < 4.78 is 2.19. The van der Waals surface area contributed by atoms with Crippen molar-refractivity contribution in [3.63, 3.8) is 0 Å². The number of aromatic nitrogens is 1. The lowest BCUT2D eigenvalue weighted by molar-refractivity contribution is -0.122. The van der Waals surface area contributed by atoms with Gasteiger partial charge in [-0.15, -0.1) is 6.42 Å². The molecule has 2 aromatic carbocycles. The largest absolute Gasteiger partial charge is 0.342 e. The second kappa shape index (κ2) is 8.43. The standard InChI is InChI=1S/C24H19ClN2O2S/c1-3-12-27-23(28)21(30-24(27)29)13-18-15-26(14-16-8-10-19(25)11-9-16)22-17(4-2)6-5-7-20(18)22/h1,5-11,13,15H,4,12,14H2,2H3/b21-13-. The van der Waals surface area contributed by atoms with Crippen LogP contribution in [0.25, 0.3) is 17.0 Å². The summed E-state index contributed by atoms with van der Waals surface area (Å²) in [5, 5.41) is 1.42. The Kier molecular flexibility index (Phi) is 5.72. The normalized spacial score (nSPS) is 15.4. The zero-order valence-corrected chi connectivity index (χ0v) is 18.0. The van der Waals surface area contributed by atoms with E-state index in [-0.39, 0.29) is 17.7 Å². The van der Waals surface area contributed by atoms with Crippen molar-refractivity contribution in [1.29, 1.82) is 0 Å². The van der Waals surface area contributed by atoms with E-state index in [0.29, 0.717) is 16.5 Å². The van der Waals surface area contributed by atoms with E-state index in [9.17, 15) is 9.59 Å². The summed E-state index contributed by atoms with van der Waals surface area (Å²) in [6, 6.07) is 14.0. The number of terminal acetylenes is 1. The minimum absolute atomic E-state index is 0.0136. The zero-order chi connectivity index (χ0) is 21.3. The second-order valence-electron chi connectivity index (χ2n) is 6.98. The third kappa shape index (κ3) is 3.77. The summed E-state index contributed by atoms with van der Waals surface area (Å²) in [6.45, 7) is 2.79. The fourth-order valence-electron chi connectivity index (χ4n) is 3.65. The van der Waals surface area contributed by atoms with Gasteiger partial charge in [-0.1, -0.05) is 54.8 Å². The maximum absolute atomic E-state index is 12.6. The van der Waals surface area contributed by atoms with E-state index in [1.54, 1.807) is 6.08 Å². The van der Waals surface area contributed by atoms with Crippen LogP contribution in [0.4, 0.5) is 4.79 Å². The van der Waals surface area contributed by atoms with Gasteiger partial charge >= 0.3 is 0 Å². The van der Waals surface area contributed by atoms with Gasteiger partial charge in [0.2, 0.25) is 0 Å². The Morgan fingerprint density at radius 1 is 1.17 bits per heavy atom. The second-order valence-corrected chi connectivity index (χ2v) is 8.41. The third-order valence-corrected chi connectivity index (χ3v) is 6.23. The molecule has 0 saturated carbocycles. The number of amides is 2. The van der Waals surface area contributed by atoms with Gasteiger partial charge in [-0.25, -0.2) is 0 Å². The van der Waals surface area contributed by atoms with Gasteiger partial charge in [-0.3, -0.25) is 14.5 Å². The van der Waals surface area contributed by atoms with E-state index in [4.69, 9.17) is 18.0 Å². The first-order valence-electron chi connectivity index (χ1n) is 9.55. The van der Waals surface area contributed by atoms with E-state index >= 15 is 0 Å². The lowest BCUT2D eigenvalue weighted by Crippen LogP contribution is -2.28. The fourth-order valence-corrected chi connectivity index (χ4v) is 4.60. The lowest BCUT2D eigenvalue weighted by Gasteiger charge is -2.09. The van der Waals surface area contributed by atoms with Crippen LogP contribution in [-0.4, -0.2) is 27.2 Å². The average molecular weight is 435 g/mol. The summed E-state index contributed by atoms with van der Waals surface area (Å²) in [5.74, 6) is 2.03. The van der Waals surface area contributed by atoms with Crippen LogP contribution in [0.3, 0.4) is 0 Å². The molecule has 1 fully saturated rings. The molecule has 1 aliphatic heterocycles. The van der Waals surface area contributed by atoms with Gasteiger partial charge in [0.25, 0.3) is 11.1 Å². The SMILES string of the molecule is C#CCN1C(=O)S/C(=C\c2cn(Cc3ccc(Cl)cc3)c3c(CC)cccc23)C1=O. The minimum atomic E-state index is -0.340. The molecule has 4 rings (SSSR count). The Hall–Kier alpha value is -2.94. The Labute approximate surface area is 184 Å². The highest BCUT2D eigenvalue weighted by Gasteiger charge is 2.34. The van der Waals surface area contributed by atoms with Crippen molar-refractivity contribution in [3.05, 3.63) is 75.3 Å². The molecule has 150 valence electrons. The van der Waals surface area contributed by atoms with Crippen LogP contribution in [0.1, 0.15) is 23.6 Å². The van der Waals surface area contributed by atoms with Crippen LogP contribution in [0, 0.1) is 12.3 Å². The molecule has 2 amide bonds. The molecule has 0 unspecified atom stereocenters. The van der Waals surface area contributed by atoms with Gasteiger partial charge in [0.05, 0.1) is 17.0 Å². The molecule has 4 nitrogen and oxygen atoms in total. The van der Waals surface area contributed by atoms with Gasteiger partial charge in [-0.05, 0) is 47.5 Å². The third-order valence-electron chi connectivity index (χ3n) is 5.07. The first-order chi connectivity index (χ1) is 14.5. The number of rotatable bonds is 5. The molecule has 1 saturated heterocycles. The molecule has 0 atom stereocenters. The van der Waals surface area contributed by atoms with E-state index in [0.717, 1.165) is 45.1 Å². The number of carbonyl (C=O) groups is 2. The fraction of sp³-hybridized carbons (Fsp3) is 0.167. The van der Waals surface area contributed by atoms with Crippen LogP contribution in [0.5, 0.6) is 0 Å². The van der Waals surface area contributed by atoms with Crippen molar-refractivity contribution in [3.8, 4) is 12.3 Å². The summed E-state index contributed by atoms with van der Waals surface area (Å²) in [4.78, 5) is 26.2. The number of hydrogen-bond donors (Lipinski definition) is 0. The van der Waals surface area contributed by atoms with Crippen molar-refractivity contribution < 1.29 is 9.59 Å². The van der Waals surface area contributed by atoms with Crippen molar-refractivity contribution in [1.82, 2.24) is 9.47 Å². The summed E-state index contributed by atoms with van der Waals surface area (Å²) in [6.07, 6.45) is 10.0. The molecule has 1 aromatic heterocycles. The quantitative estimate of drug-likeness (QED) is 0.389. The zero-order valence-electron chi connectivity index (χ0n) is 16.4. The van der Waals surface area contributed by atoms with Gasteiger partial charge in [-0.2, -0.15) is 0 Å². The predicted molar refractivity (Wildman–Crippen MR) is 123 cm³/mol. The van der Waals surface area contributed by atoms with Crippen molar-refractivity contribution in [2.24, 2.45) is 0 Å². The Morgan fingerprint density at radius 2 is 1.93 bits per heavy atom. The number of thioether (sulfide) groups is 1. The highest BCUT2D eigenvalue weighted by atomic mass is 35.5. The molecule has 3 aromatic rings. The number of aryl methyl sites for hydroxylation is 1. The molecule has 1 aliphatic rings. The summed E-state index contributed by atoms with van der Waals surface area (Å²) >= 11 is 6.95. The lowest BCUT2D eigenvalue weighted by atomic mass is 10.1. The molecular formula is C24H19ClN2O2S. The first-order valence-corrected chi connectivity index (χ1v) is 10.7. The Bertz CT molecular complexity index is 1220. The van der Waals surface area contributed by atoms with Crippen LogP contribution in [0.2, 0.25) is 5.02 Å². The van der Waals surface area contributed by atoms with Crippen LogP contribution < -0.4 is 0 Å². The topological polar surface area (TPSA) is 42.3 Å². The number of carbonyl (C=O) groups excluding carboxylic acids is 2. The summed E-state index contributed by atoms with van der Waals surface area (Å²) in [7, 11) is 0. The number of halogens is 1. The van der Waals surface area contributed by atoms with E-state index in [2.05, 4.69) is 23.5 Å². The van der Waals surface area contributed by atoms with Crippen LogP contribution >= 0.6 is 23.4 Å².